The molecule has 2 aromatic rings. The smallest absolute Gasteiger partial charge is 0.193 e. The second kappa shape index (κ2) is 6.37. The first kappa shape index (κ1) is 15.5. The van der Waals surface area contributed by atoms with Crippen LogP contribution in [0.25, 0.3) is 5.57 Å². The molecule has 0 fully saturated rings. The lowest BCUT2D eigenvalue weighted by molar-refractivity contribution is 0.103. The average Bonchev–Trinajstić information content (AvgIpc) is 2.58. The Hall–Kier alpha value is -2.41. The summed E-state index contributed by atoms with van der Waals surface area (Å²) in [5, 5.41) is 0. The molecule has 0 atom stereocenters. The van der Waals surface area contributed by atoms with Gasteiger partial charge in [0.1, 0.15) is 0 Å². The van der Waals surface area contributed by atoms with E-state index < -0.39 is 0 Å². The van der Waals surface area contributed by atoms with E-state index >= 15 is 0 Å². The van der Waals surface area contributed by atoms with Gasteiger partial charge in [-0.25, -0.2) is 0 Å². The molecular weight excluding hydrogens is 280 g/mol. The maximum atomic E-state index is 13.0. The van der Waals surface area contributed by atoms with Crippen LogP contribution in [0.3, 0.4) is 0 Å². The maximum absolute atomic E-state index is 13.0. The van der Waals surface area contributed by atoms with Crippen LogP contribution in [0.2, 0.25) is 0 Å². The van der Waals surface area contributed by atoms with E-state index in [-0.39, 0.29) is 5.78 Å². The zero-order valence-corrected chi connectivity index (χ0v) is 14.0. The van der Waals surface area contributed by atoms with Crippen LogP contribution in [0.15, 0.2) is 54.6 Å². The van der Waals surface area contributed by atoms with Crippen molar-refractivity contribution in [2.24, 2.45) is 0 Å². The molecule has 0 unspecified atom stereocenters. The molecule has 0 spiro atoms. The van der Waals surface area contributed by atoms with Gasteiger partial charge in [0.05, 0.1) is 0 Å². The number of hydrogen-bond acceptors (Lipinski definition) is 1. The Morgan fingerprint density at radius 3 is 2.26 bits per heavy atom. The maximum Gasteiger partial charge on any atom is 0.193 e. The van der Waals surface area contributed by atoms with Crippen molar-refractivity contribution in [3.63, 3.8) is 0 Å². The first-order valence-corrected chi connectivity index (χ1v) is 8.16. The number of aryl methyl sites for hydroxylation is 3. The van der Waals surface area contributed by atoms with Gasteiger partial charge >= 0.3 is 0 Å². The Morgan fingerprint density at radius 2 is 1.57 bits per heavy atom. The highest BCUT2D eigenvalue weighted by atomic mass is 16.1. The van der Waals surface area contributed by atoms with E-state index in [1.807, 2.05) is 45.0 Å². The topological polar surface area (TPSA) is 17.1 Å². The van der Waals surface area contributed by atoms with E-state index in [1.165, 1.54) is 5.57 Å². The first-order chi connectivity index (χ1) is 11.1. The Kier molecular flexibility index (Phi) is 4.29. The van der Waals surface area contributed by atoms with Crippen molar-refractivity contribution in [2.45, 2.75) is 33.6 Å². The van der Waals surface area contributed by atoms with Gasteiger partial charge in [-0.1, -0.05) is 48.1 Å². The number of rotatable bonds is 3. The molecule has 0 heterocycles. The highest BCUT2D eigenvalue weighted by Gasteiger charge is 2.15. The van der Waals surface area contributed by atoms with Gasteiger partial charge in [0.25, 0.3) is 0 Å². The van der Waals surface area contributed by atoms with Gasteiger partial charge in [-0.05, 0) is 68.0 Å². The lowest BCUT2D eigenvalue weighted by Gasteiger charge is -2.12. The van der Waals surface area contributed by atoms with Gasteiger partial charge in [0.2, 0.25) is 0 Å². The largest absolute Gasteiger partial charge is 0.289 e. The minimum absolute atomic E-state index is 0.117. The summed E-state index contributed by atoms with van der Waals surface area (Å²) < 4.78 is 0. The third-order valence-electron chi connectivity index (χ3n) is 4.45. The number of ketones is 1. The standard InChI is InChI=1S/C22H22O/c1-15-9-10-16(2)20(13-15)22(23)21-14-19(12-11-17(21)3)18-7-5-4-6-8-18/h5,7-14H,4,6H2,1-3H3. The molecule has 1 aliphatic carbocycles. The number of hydrogen-bond donors (Lipinski definition) is 0. The Labute approximate surface area is 138 Å². The quantitative estimate of drug-likeness (QED) is 0.677. The van der Waals surface area contributed by atoms with Gasteiger partial charge in [-0.15, -0.1) is 0 Å². The second-order valence-electron chi connectivity index (χ2n) is 6.32. The molecule has 116 valence electrons. The number of allylic oxidation sites excluding steroid dienone is 4. The van der Waals surface area contributed by atoms with Crippen molar-refractivity contribution in [3.8, 4) is 0 Å². The molecule has 2 aromatic carbocycles. The van der Waals surface area contributed by atoms with Crippen LogP contribution in [-0.2, 0) is 0 Å². The van der Waals surface area contributed by atoms with Crippen LogP contribution < -0.4 is 0 Å². The van der Waals surface area contributed by atoms with Crippen molar-refractivity contribution >= 4 is 11.4 Å². The molecule has 0 N–H and O–H groups in total. The summed E-state index contributed by atoms with van der Waals surface area (Å²) in [6, 6.07) is 12.3. The summed E-state index contributed by atoms with van der Waals surface area (Å²) in [6.45, 7) is 6.03. The van der Waals surface area contributed by atoms with Gasteiger partial charge in [-0.3, -0.25) is 4.79 Å². The Bertz CT molecular complexity index is 822. The van der Waals surface area contributed by atoms with Gasteiger partial charge in [-0.2, -0.15) is 0 Å². The molecule has 3 rings (SSSR count). The lowest BCUT2D eigenvalue weighted by atomic mass is 9.91. The molecular formula is C22H22O. The lowest BCUT2D eigenvalue weighted by Crippen LogP contribution is -2.07. The molecule has 1 heteroatoms. The SMILES string of the molecule is Cc1ccc(C)c(C(=O)c2cc(C3=CCCC=C3)ccc2C)c1. The predicted octanol–water partition coefficient (Wildman–Crippen LogP) is 5.58. The second-order valence-corrected chi connectivity index (χ2v) is 6.32. The molecule has 1 nitrogen and oxygen atoms in total. The molecule has 0 bridgehead atoms. The summed E-state index contributed by atoms with van der Waals surface area (Å²) in [5.74, 6) is 0.117. The Morgan fingerprint density at radius 1 is 0.870 bits per heavy atom. The predicted molar refractivity (Wildman–Crippen MR) is 96.9 cm³/mol. The van der Waals surface area contributed by atoms with E-state index in [0.29, 0.717) is 0 Å². The van der Waals surface area contributed by atoms with Crippen LogP contribution >= 0.6 is 0 Å². The Balaban J connectivity index is 2.05. The normalized spacial score (nSPS) is 13.8. The number of carbonyl (C=O) groups is 1. The van der Waals surface area contributed by atoms with Gasteiger partial charge in [0, 0.05) is 11.1 Å². The van der Waals surface area contributed by atoms with Crippen molar-refractivity contribution in [2.75, 3.05) is 0 Å². The third kappa shape index (κ3) is 3.19. The molecule has 0 aliphatic heterocycles. The van der Waals surface area contributed by atoms with Crippen LogP contribution in [0.1, 0.15) is 51.0 Å². The minimum Gasteiger partial charge on any atom is -0.289 e. The molecule has 0 radical (unpaired) electrons. The molecule has 0 aromatic heterocycles. The summed E-state index contributed by atoms with van der Waals surface area (Å²) in [5.41, 5.74) is 7.12. The summed E-state index contributed by atoms with van der Waals surface area (Å²) >= 11 is 0. The molecule has 0 amide bonds. The minimum atomic E-state index is 0.117. The first-order valence-electron chi connectivity index (χ1n) is 8.16. The highest BCUT2D eigenvalue weighted by Crippen LogP contribution is 2.25. The van der Waals surface area contributed by atoms with Gasteiger partial charge in [0.15, 0.2) is 5.78 Å². The van der Waals surface area contributed by atoms with Crippen molar-refractivity contribution in [1.29, 1.82) is 0 Å². The van der Waals surface area contributed by atoms with Crippen LogP contribution in [-0.4, -0.2) is 5.78 Å². The van der Waals surface area contributed by atoms with Crippen molar-refractivity contribution < 1.29 is 4.79 Å². The van der Waals surface area contributed by atoms with Crippen molar-refractivity contribution in [1.82, 2.24) is 0 Å². The molecule has 1 aliphatic rings. The summed E-state index contributed by atoms with van der Waals surface area (Å²) in [4.78, 5) is 13.0. The fourth-order valence-electron chi connectivity index (χ4n) is 3.00. The van der Waals surface area contributed by atoms with E-state index in [4.69, 9.17) is 0 Å². The van der Waals surface area contributed by atoms with E-state index in [0.717, 1.165) is 46.2 Å². The fourth-order valence-corrected chi connectivity index (χ4v) is 3.00. The van der Waals surface area contributed by atoms with Crippen LogP contribution in [0.4, 0.5) is 0 Å². The molecule has 0 saturated heterocycles. The van der Waals surface area contributed by atoms with Crippen molar-refractivity contribution in [3.05, 3.63) is 88.0 Å². The average molecular weight is 302 g/mol. The van der Waals surface area contributed by atoms with Crippen LogP contribution in [0.5, 0.6) is 0 Å². The zero-order chi connectivity index (χ0) is 16.4. The number of carbonyl (C=O) groups excluding carboxylic acids is 1. The van der Waals surface area contributed by atoms with E-state index in [2.05, 4.69) is 30.4 Å². The van der Waals surface area contributed by atoms with Crippen LogP contribution in [0, 0.1) is 20.8 Å². The fraction of sp³-hybridized carbons (Fsp3) is 0.227. The molecule has 0 saturated carbocycles. The molecule has 23 heavy (non-hydrogen) atoms. The summed E-state index contributed by atoms with van der Waals surface area (Å²) in [7, 11) is 0. The zero-order valence-electron chi connectivity index (χ0n) is 14.0. The van der Waals surface area contributed by atoms with E-state index in [1.54, 1.807) is 0 Å². The van der Waals surface area contributed by atoms with E-state index in [9.17, 15) is 4.79 Å². The number of benzene rings is 2. The monoisotopic (exact) mass is 302 g/mol. The van der Waals surface area contributed by atoms with Gasteiger partial charge < -0.3 is 0 Å². The summed E-state index contributed by atoms with van der Waals surface area (Å²) in [6.07, 6.45) is 8.77. The third-order valence-corrected chi connectivity index (χ3v) is 4.45. The highest BCUT2D eigenvalue weighted by molar-refractivity contribution is 6.11.